The Kier molecular flexibility index (Phi) is 3.31. The van der Waals surface area contributed by atoms with Crippen molar-refractivity contribution in [1.82, 2.24) is 19.5 Å². The first-order valence-electron chi connectivity index (χ1n) is 6.35. The Morgan fingerprint density at radius 3 is 2.81 bits per heavy atom. The van der Waals surface area contributed by atoms with Crippen molar-refractivity contribution in [2.45, 2.75) is 6.54 Å². The molecule has 2 aromatic heterocycles. The highest BCUT2D eigenvalue weighted by Crippen LogP contribution is 2.15. The molecule has 6 nitrogen and oxygen atoms in total. The summed E-state index contributed by atoms with van der Waals surface area (Å²) in [6.45, 7) is 0.287. The van der Waals surface area contributed by atoms with E-state index in [4.69, 9.17) is 5.41 Å². The SMILES string of the molecule is Cn1cnc2c(NCc3ccccc3F)ncnc2c1=N. The molecular weight excluding hydrogens is 271 g/mol. The van der Waals surface area contributed by atoms with Crippen LogP contribution in [0.1, 0.15) is 5.56 Å². The molecule has 0 spiro atoms. The number of nitrogens with zero attached hydrogens (tertiary/aromatic N) is 4. The van der Waals surface area contributed by atoms with Crippen LogP contribution in [0.25, 0.3) is 11.0 Å². The van der Waals surface area contributed by atoms with Crippen LogP contribution in [-0.2, 0) is 13.6 Å². The summed E-state index contributed by atoms with van der Waals surface area (Å²) >= 11 is 0. The summed E-state index contributed by atoms with van der Waals surface area (Å²) in [6, 6.07) is 6.54. The van der Waals surface area contributed by atoms with E-state index in [1.54, 1.807) is 29.8 Å². The molecule has 2 heterocycles. The van der Waals surface area contributed by atoms with Crippen LogP contribution in [-0.4, -0.2) is 19.5 Å². The molecule has 1 aromatic carbocycles. The Bertz CT molecular complexity index is 857. The second-order valence-electron chi connectivity index (χ2n) is 4.57. The normalized spacial score (nSPS) is 10.8. The Morgan fingerprint density at radius 1 is 1.19 bits per heavy atom. The van der Waals surface area contributed by atoms with Gasteiger partial charge in [-0.1, -0.05) is 18.2 Å². The van der Waals surface area contributed by atoms with Crippen molar-refractivity contribution in [3.05, 3.63) is 53.8 Å². The minimum Gasteiger partial charge on any atom is -0.364 e. The summed E-state index contributed by atoms with van der Waals surface area (Å²) in [5.41, 5.74) is 1.73. The van der Waals surface area contributed by atoms with Gasteiger partial charge in [0.15, 0.2) is 11.3 Å². The van der Waals surface area contributed by atoms with E-state index < -0.39 is 0 Å². The minimum atomic E-state index is -0.274. The Hall–Kier alpha value is -2.83. The number of aryl methyl sites for hydroxylation is 1. The lowest BCUT2D eigenvalue weighted by Gasteiger charge is -2.09. The first-order valence-corrected chi connectivity index (χ1v) is 6.35. The fraction of sp³-hybridized carbons (Fsp3) is 0.143. The summed E-state index contributed by atoms with van der Waals surface area (Å²) in [5, 5.41) is 11.0. The van der Waals surface area contributed by atoms with Crippen LogP contribution in [0.3, 0.4) is 0 Å². The van der Waals surface area contributed by atoms with E-state index in [2.05, 4.69) is 20.3 Å². The monoisotopic (exact) mass is 284 g/mol. The van der Waals surface area contributed by atoms with Crippen molar-refractivity contribution >= 4 is 16.9 Å². The first-order chi connectivity index (χ1) is 10.2. The zero-order valence-corrected chi connectivity index (χ0v) is 11.3. The molecular formula is C14H13FN6. The van der Waals surface area contributed by atoms with Gasteiger partial charge < -0.3 is 9.88 Å². The highest BCUT2D eigenvalue weighted by atomic mass is 19.1. The quantitative estimate of drug-likeness (QED) is 0.765. The molecule has 3 rings (SSSR count). The second kappa shape index (κ2) is 5.28. The highest BCUT2D eigenvalue weighted by molar-refractivity contribution is 5.83. The zero-order valence-electron chi connectivity index (χ0n) is 11.3. The molecule has 3 aromatic rings. The number of hydrogen-bond donors (Lipinski definition) is 2. The topological polar surface area (TPSA) is 79.5 Å². The van der Waals surface area contributed by atoms with Crippen molar-refractivity contribution < 1.29 is 4.39 Å². The van der Waals surface area contributed by atoms with Gasteiger partial charge in [-0.05, 0) is 6.07 Å². The van der Waals surface area contributed by atoms with E-state index in [0.717, 1.165) is 0 Å². The van der Waals surface area contributed by atoms with Gasteiger partial charge in [-0.25, -0.2) is 19.3 Å². The van der Waals surface area contributed by atoms with Crippen LogP contribution in [0.2, 0.25) is 0 Å². The fourth-order valence-electron chi connectivity index (χ4n) is 1.99. The van der Waals surface area contributed by atoms with Gasteiger partial charge >= 0.3 is 0 Å². The maximum Gasteiger partial charge on any atom is 0.156 e. The molecule has 2 N–H and O–H groups in total. The number of nitrogens with one attached hydrogen (secondary N) is 2. The molecule has 21 heavy (non-hydrogen) atoms. The van der Waals surface area contributed by atoms with Gasteiger partial charge in [0, 0.05) is 19.2 Å². The van der Waals surface area contributed by atoms with E-state index in [1.165, 1.54) is 18.7 Å². The molecule has 7 heteroatoms. The van der Waals surface area contributed by atoms with Crippen LogP contribution in [0.15, 0.2) is 36.9 Å². The summed E-state index contributed by atoms with van der Waals surface area (Å²) in [5.74, 6) is 0.209. The maximum absolute atomic E-state index is 13.6. The number of halogens is 1. The predicted molar refractivity (Wildman–Crippen MR) is 75.9 cm³/mol. The van der Waals surface area contributed by atoms with Crippen LogP contribution in [0, 0.1) is 11.2 Å². The molecule has 0 amide bonds. The van der Waals surface area contributed by atoms with Gasteiger partial charge in [0.2, 0.25) is 0 Å². The van der Waals surface area contributed by atoms with Gasteiger partial charge in [-0.2, -0.15) is 0 Å². The molecule has 0 atom stereocenters. The Balaban J connectivity index is 1.97. The van der Waals surface area contributed by atoms with E-state index in [-0.39, 0.29) is 17.8 Å². The van der Waals surface area contributed by atoms with Crippen molar-refractivity contribution in [2.75, 3.05) is 5.32 Å². The van der Waals surface area contributed by atoms with Gasteiger partial charge in [-0.3, -0.25) is 5.41 Å². The molecule has 0 unspecified atom stereocenters. The van der Waals surface area contributed by atoms with Crippen LogP contribution >= 0.6 is 0 Å². The maximum atomic E-state index is 13.6. The number of benzene rings is 1. The smallest absolute Gasteiger partial charge is 0.156 e. The lowest BCUT2D eigenvalue weighted by atomic mass is 10.2. The number of aromatic nitrogens is 4. The van der Waals surface area contributed by atoms with E-state index in [9.17, 15) is 4.39 Å². The van der Waals surface area contributed by atoms with Gasteiger partial charge in [0.05, 0.1) is 6.33 Å². The summed E-state index contributed by atoms with van der Waals surface area (Å²) in [4.78, 5) is 12.4. The molecule has 0 saturated heterocycles. The third kappa shape index (κ3) is 2.45. The fourth-order valence-corrected chi connectivity index (χ4v) is 1.99. The molecule has 0 radical (unpaired) electrons. The van der Waals surface area contributed by atoms with Gasteiger partial charge in [0.1, 0.15) is 23.2 Å². The van der Waals surface area contributed by atoms with Crippen molar-refractivity contribution in [1.29, 1.82) is 5.41 Å². The molecule has 0 saturated carbocycles. The second-order valence-corrected chi connectivity index (χ2v) is 4.57. The number of rotatable bonds is 3. The first kappa shape index (κ1) is 13.2. The molecule has 0 aliphatic rings. The van der Waals surface area contributed by atoms with Crippen molar-refractivity contribution in [2.24, 2.45) is 7.05 Å². The molecule has 0 aliphatic heterocycles. The predicted octanol–water partition coefficient (Wildman–Crippen LogP) is 1.59. The average molecular weight is 284 g/mol. The summed E-state index contributed by atoms with van der Waals surface area (Å²) in [7, 11) is 1.73. The van der Waals surface area contributed by atoms with E-state index in [0.29, 0.717) is 22.4 Å². The van der Waals surface area contributed by atoms with E-state index >= 15 is 0 Å². The van der Waals surface area contributed by atoms with Crippen LogP contribution in [0.4, 0.5) is 10.2 Å². The highest BCUT2D eigenvalue weighted by Gasteiger charge is 2.08. The average Bonchev–Trinajstić information content (AvgIpc) is 2.50. The molecule has 0 fully saturated rings. The lowest BCUT2D eigenvalue weighted by molar-refractivity contribution is 0.613. The molecule has 0 bridgehead atoms. The van der Waals surface area contributed by atoms with E-state index in [1.807, 2.05) is 0 Å². The number of anilines is 1. The van der Waals surface area contributed by atoms with Crippen LogP contribution in [0.5, 0.6) is 0 Å². The third-order valence-electron chi connectivity index (χ3n) is 3.16. The van der Waals surface area contributed by atoms with Crippen molar-refractivity contribution in [3.8, 4) is 0 Å². The summed E-state index contributed by atoms with van der Waals surface area (Å²) in [6.07, 6.45) is 2.90. The van der Waals surface area contributed by atoms with Gasteiger partial charge in [0.25, 0.3) is 0 Å². The van der Waals surface area contributed by atoms with Crippen LogP contribution < -0.4 is 10.8 Å². The molecule has 0 aliphatic carbocycles. The number of hydrogen-bond acceptors (Lipinski definition) is 5. The Labute approximate surface area is 119 Å². The lowest BCUT2D eigenvalue weighted by Crippen LogP contribution is -2.19. The number of fused-ring (bicyclic) bond motifs is 1. The zero-order chi connectivity index (χ0) is 14.8. The summed E-state index contributed by atoms with van der Waals surface area (Å²) < 4.78 is 15.2. The molecule has 106 valence electrons. The standard InChI is InChI=1S/C14H13FN6/c1-21-8-20-12-11(13(21)16)18-7-19-14(12)17-6-9-4-2-3-5-10(9)15/h2-5,7-8,16H,6H2,1H3,(H,17,18,19). The minimum absolute atomic E-state index is 0.247. The Morgan fingerprint density at radius 2 is 2.00 bits per heavy atom. The van der Waals surface area contributed by atoms with Gasteiger partial charge in [-0.15, -0.1) is 0 Å². The largest absolute Gasteiger partial charge is 0.364 e. The van der Waals surface area contributed by atoms with Crippen molar-refractivity contribution in [3.63, 3.8) is 0 Å². The third-order valence-corrected chi connectivity index (χ3v) is 3.16.